The summed E-state index contributed by atoms with van der Waals surface area (Å²) in [5.74, 6) is 0.828. The minimum Gasteiger partial charge on any atom is -0.495 e. The number of rotatable bonds is 5. The highest BCUT2D eigenvalue weighted by molar-refractivity contribution is 14.1. The van der Waals surface area contributed by atoms with Gasteiger partial charge in [0.1, 0.15) is 11.4 Å². The molecular formula is C17H27IN2OSi. The van der Waals surface area contributed by atoms with Gasteiger partial charge in [-0.05, 0) is 45.3 Å². The van der Waals surface area contributed by atoms with Gasteiger partial charge in [-0.1, -0.05) is 41.5 Å². The Morgan fingerprint density at radius 3 is 2.09 bits per heavy atom. The first kappa shape index (κ1) is 17.8. The van der Waals surface area contributed by atoms with Crippen LogP contribution in [0.2, 0.25) is 16.6 Å². The standard InChI is InChI=1S/C17H27IN2OSi/c1-11(2)22(12(3)4,13(5)6)20-10-16(18)15-8-14(21-7)9-19-17(15)20/h8-13H,1-7H3. The van der Waals surface area contributed by atoms with Crippen LogP contribution in [-0.2, 0) is 0 Å². The maximum Gasteiger partial charge on any atom is 0.171 e. The van der Waals surface area contributed by atoms with Crippen LogP contribution < -0.4 is 4.74 Å². The molecule has 2 aromatic heterocycles. The van der Waals surface area contributed by atoms with Crippen molar-refractivity contribution in [2.75, 3.05) is 7.11 Å². The molecule has 2 aromatic rings. The summed E-state index contributed by atoms with van der Waals surface area (Å²) in [5, 5.41) is 1.21. The molecule has 3 nitrogen and oxygen atoms in total. The average Bonchev–Trinajstić information content (AvgIpc) is 2.75. The maximum atomic E-state index is 5.35. The molecule has 0 fully saturated rings. The summed E-state index contributed by atoms with van der Waals surface area (Å²) < 4.78 is 9.17. The normalized spacial score (nSPS) is 12.9. The predicted molar refractivity (Wildman–Crippen MR) is 105 cm³/mol. The lowest BCUT2D eigenvalue weighted by atomic mass is 10.3. The molecule has 0 atom stereocenters. The van der Waals surface area contributed by atoms with Gasteiger partial charge in [0.05, 0.1) is 13.3 Å². The van der Waals surface area contributed by atoms with Gasteiger partial charge in [-0.25, -0.2) is 4.98 Å². The first-order valence-electron chi connectivity index (χ1n) is 7.97. The number of fused-ring (bicyclic) bond motifs is 1. The molecule has 0 saturated heterocycles. The van der Waals surface area contributed by atoms with Gasteiger partial charge in [-0.2, -0.15) is 0 Å². The van der Waals surface area contributed by atoms with Gasteiger partial charge in [0.25, 0.3) is 0 Å². The summed E-state index contributed by atoms with van der Waals surface area (Å²) in [7, 11) is -0.0698. The van der Waals surface area contributed by atoms with Crippen LogP contribution in [-0.4, -0.2) is 24.6 Å². The fraction of sp³-hybridized carbons (Fsp3) is 0.588. The molecule has 0 unspecified atom stereocenters. The van der Waals surface area contributed by atoms with E-state index in [0.29, 0.717) is 16.6 Å². The lowest BCUT2D eigenvalue weighted by molar-refractivity contribution is 0.413. The maximum absolute atomic E-state index is 5.35. The van der Waals surface area contributed by atoms with Crippen molar-refractivity contribution >= 4 is 41.9 Å². The summed E-state index contributed by atoms with van der Waals surface area (Å²) >= 11 is 2.43. The molecule has 2 heterocycles. The number of hydrogen-bond acceptors (Lipinski definition) is 2. The Kier molecular flexibility index (Phi) is 5.26. The third kappa shape index (κ3) is 2.60. The minimum atomic E-state index is -1.77. The van der Waals surface area contributed by atoms with Gasteiger partial charge in [0.15, 0.2) is 8.24 Å². The van der Waals surface area contributed by atoms with Crippen molar-refractivity contribution in [3.05, 3.63) is 22.0 Å². The molecule has 5 heteroatoms. The zero-order valence-corrected chi connectivity index (χ0v) is 17.8. The largest absolute Gasteiger partial charge is 0.495 e. The Morgan fingerprint density at radius 1 is 1.09 bits per heavy atom. The van der Waals surface area contributed by atoms with Crippen molar-refractivity contribution in [1.82, 2.24) is 9.22 Å². The third-order valence-electron chi connectivity index (χ3n) is 5.00. The van der Waals surface area contributed by atoms with E-state index in [-0.39, 0.29) is 0 Å². The highest BCUT2D eigenvalue weighted by atomic mass is 127. The van der Waals surface area contributed by atoms with Crippen LogP contribution in [0.15, 0.2) is 18.5 Å². The molecule has 22 heavy (non-hydrogen) atoms. The summed E-state index contributed by atoms with van der Waals surface area (Å²) in [4.78, 5) is 4.75. The molecule has 122 valence electrons. The summed E-state index contributed by atoms with van der Waals surface area (Å²) in [5.41, 5.74) is 3.08. The molecule has 0 aliphatic rings. The lowest BCUT2D eigenvalue weighted by Gasteiger charge is -2.44. The van der Waals surface area contributed by atoms with Crippen LogP contribution in [0.1, 0.15) is 41.5 Å². The molecule has 0 bridgehead atoms. The Morgan fingerprint density at radius 2 is 1.64 bits per heavy atom. The van der Waals surface area contributed by atoms with Crippen LogP contribution in [0, 0.1) is 3.57 Å². The van der Waals surface area contributed by atoms with E-state index in [1.807, 2.05) is 6.20 Å². The molecule has 0 saturated carbocycles. The number of hydrogen-bond donors (Lipinski definition) is 0. The molecule has 0 aliphatic heterocycles. The summed E-state index contributed by atoms with van der Waals surface area (Å²) in [6.45, 7) is 14.3. The van der Waals surface area contributed by atoms with Crippen molar-refractivity contribution in [2.24, 2.45) is 0 Å². The Hall–Kier alpha value is -0.563. The highest BCUT2D eigenvalue weighted by Crippen LogP contribution is 2.44. The molecule has 0 radical (unpaired) electrons. The van der Waals surface area contributed by atoms with Crippen molar-refractivity contribution in [3.8, 4) is 5.75 Å². The third-order valence-corrected chi connectivity index (χ3v) is 12.6. The van der Waals surface area contributed by atoms with Gasteiger partial charge < -0.3 is 8.97 Å². The Balaban J connectivity index is 2.81. The number of nitrogens with zero attached hydrogens (tertiary/aromatic N) is 2. The molecule has 0 aliphatic carbocycles. The van der Waals surface area contributed by atoms with Gasteiger partial charge >= 0.3 is 0 Å². The van der Waals surface area contributed by atoms with Crippen LogP contribution in [0.25, 0.3) is 11.0 Å². The van der Waals surface area contributed by atoms with Gasteiger partial charge in [-0.15, -0.1) is 0 Å². The van der Waals surface area contributed by atoms with E-state index in [1.54, 1.807) is 7.11 Å². The topological polar surface area (TPSA) is 27.1 Å². The monoisotopic (exact) mass is 430 g/mol. The SMILES string of the molecule is COc1cnc2c(c1)c(I)cn2[Si](C(C)C)(C(C)C)C(C)C. The van der Waals surface area contributed by atoms with Crippen molar-refractivity contribution in [1.29, 1.82) is 0 Å². The smallest absolute Gasteiger partial charge is 0.171 e. The van der Waals surface area contributed by atoms with E-state index in [4.69, 9.17) is 9.72 Å². The second-order valence-corrected chi connectivity index (χ2v) is 13.8. The number of ether oxygens (including phenoxy) is 1. The second kappa shape index (κ2) is 6.51. The van der Waals surface area contributed by atoms with Crippen LogP contribution >= 0.6 is 22.6 Å². The van der Waals surface area contributed by atoms with Gasteiger partial charge in [-0.3, -0.25) is 0 Å². The zero-order valence-electron chi connectivity index (χ0n) is 14.6. The summed E-state index contributed by atoms with van der Waals surface area (Å²) in [6.07, 6.45) is 4.17. The average molecular weight is 430 g/mol. The minimum absolute atomic E-state index is 0.655. The molecule has 0 N–H and O–H groups in total. The molecule has 2 rings (SSSR count). The van der Waals surface area contributed by atoms with Crippen molar-refractivity contribution < 1.29 is 4.74 Å². The van der Waals surface area contributed by atoms with Crippen LogP contribution in [0.4, 0.5) is 0 Å². The van der Waals surface area contributed by atoms with E-state index in [1.165, 1.54) is 8.96 Å². The number of methoxy groups -OCH3 is 1. The lowest BCUT2D eigenvalue weighted by Crippen LogP contribution is -2.51. The fourth-order valence-corrected chi connectivity index (χ4v) is 11.8. The van der Waals surface area contributed by atoms with Gasteiger partial charge in [0, 0.05) is 15.2 Å². The number of halogens is 1. The van der Waals surface area contributed by atoms with Gasteiger partial charge in [0.2, 0.25) is 0 Å². The first-order chi connectivity index (χ1) is 10.3. The Labute approximate surface area is 148 Å². The Bertz CT molecular complexity index is 642. The number of aromatic nitrogens is 2. The van der Waals surface area contributed by atoms with Crippen LogP contribution in [0.3, 0.4) is 0 Å². The van der Waals surface area contributed by atoms with Crippen molar-refractivity contribution in [3.63, 3.8) is 0 Å². The highest BCUT2D eigenvalue weighted by Gasteiger charge is 2.46. The first-order valence-corrected chi connectivity index (χ1v) is 11.2. The van der Waals surface area contributed by atoms with E-state index in [0.717, 1.165) is 11.4 Å². The van der Waals surface area contributed by atoms with E-state index >= 15 is 0 Å². The molecular weight excluding hydrogens is 403 g/mol. The predicted octanol–water partition coefficient (Wildman–Crippen LogP) is 5.67. The van der Waals surface area contributed by atoms with Crippen molar-refractivity contribution in [2.45, 2.75) is 58.2 Å². The summed E-state index contributed by atoms with van der Waals surface area (Å²) in [6, 6.07) is 2.11. The fourth-order valence-electron chi connectivity index (χ4n) is 4.29. The zero-order chi connectivity index (χ0) is 16.7. The van der Waals surface area contributed by atoms with Crippen LogP contribution in [0.5, 0.6) is 5.75 Å². The second-order valence-electron chi connectivity index (χ2n) is 6.94. The van der Waals surface area contributed by atoms with E-state index in [2.05, 4.69) is 80.6 Å². The quantitative estimate of drug-likeness (QED) is 0.451. The molecule has 0 aromatic carbocycles. The van der Waals surface area contributed by atoms with E-state index < -0.39 is 8.24 Å². The molecule has 0 amide bonds. The number of pyridine rings is 1. The van der Waals surface area contributed by atoms with E-state index in [9.17, 15) is 0 Å². The molecule has 0 spiro atoms.